The van der Waals surface area contributed by atoms with Gasteiger partial charge in [0, 0.05) is 23.6 Å². The summed E-state index contributed by atoms with van der Waals surface area (Å²) in [4.78, 5) is 35.0. The molecule has 1 aliphatic rings. The van der Waals surface area contributed by atoms with Crippen molar-refractivity contribution in [2.75, 3.05) is 13.7 Å². The molecule has 1 amide bonds. The molecule has 1 aliphatic heterocycles. The fourth-order valence-electron chi connectivity index (χ4n) is 4.03. The fourth-order valence-corrected chi connectivity index (χ4v) is 4.68. The summed E-state index contributed by atoms with van der Waals surface area (Å²) in [5.41, 5.74) is 3.35. The lowest BCUT2D eigenvalue weighted by Gasteiger charge is -2.35. The number of amides is 1. The number of nitrogens with one attached hydrogen (secondary N) is 1. The molecular formula is C23H25N3O3S. The molecule has 2 aromatic heterocycles. The van der Waals surface area contributed by atoms with Crippen LogP contribution in [0.25, 0.3) is 11.3 Å². The van der Waals surface area contributed by atoms with Gasteiger partial charge in [0.15, 0.2) is 0 Å². The molecule has 3 heterocycles. The van der Waals surface area contributed by atoms with Gasteiger partial charge in [0.1, 0.15) is 11.6 Å². The van der Waals surface area contributed by atoms with Gasteiger partial charge in [-0.1, -0.05) is 12.1 Å². The average Bonchev–Trinajstić information content (AvgIpc) is 3.28. The van der Waals surface area contributed by atoms with Crippen molar-refractivity contribution in [2.45, 2.75) is 38.6 Å². The summed E-state index contributed by atoms with van der Waals surface area (Å²) in [6, 6.07) is 9.08. The highest BCUT2D eigenvalue weighted by Gasteiger charge is 2.30. The Balaban J connectivity index is 1.59. The SMILES string of the molecule is COc1ccc(CC(=O)N2CCCCC2c2nc(-c3ccsc3)cc(=O)[nH]2)cc1C. The third-order valence-corrected chi connectivity index (χ3v) is 6.21. The lowest BCUT2D eigenvalue weighted by atomic mass is 9.99. The van der Waals surface area contributed by atoms with Gasteiger partial charge in [-0.05, 0) is 54.8 Å². The maximum absolute atomic E-state index is 13.2. The molecule has 0 saturated carbocycles. The number of hydrogen-bond acceptors (Lipinski definition) is 5. The summed E-state index contributed by atoms with van der Waals surface area (Å²) in [5, 5.41) is 3.94. The van der Waals surface area contributed by atoms with Crippen LogP contribution >= 0.6 is 11.3 Å². The zero-order chi connectivity index (χ0) is 21.1. The number of nitrogens with zero attached hydrogens (tertiary/aromatic N) is 2. The minimum atomic E-state index is -0.211. The van der Waals surface area contributed by atoms with Crippen molar-refractivity contribution in [2.24, 2.45) is 0 Å². The van der Waals surface area contributed by atoms with Crippen LogP contribution in [0.2, 0.25) is 0 Å². The van der Waals surface area contributed by atoms with E-state index in [2.05, 4.69) is 4.98 Å². The number of rotatable bonds is 5. The number of methoxy groups -OCH3 is 1. The molecule has 6 nitrogen and oxygen atoms in total. The predicted octanol–water partition coefficient (Wildman–Crippen LogP) is 4.11. The molecule has 0 radical (unpaired) electrons. The zero-order valence-corrected chi connectivity index (χ0v) is 18.0. The van der Waals surface area contributed by atoms with Crippen LogP contribution in [0.5, 0.6) is 5.75 Å². The van der Waals surface area contributed by atoms with E-state index in [-0.39, 0.29) is 17.5 Å². The highest BCUT2D eigenvalue weighted by atomic mass is 32.1. The standard InChI is InChI=1S/C23H25N3O3S/c1-15-11-16(6-7-20(15)29-2)12-22(28)26-9-4-3-5-19(26)23-24-18(13-21(27)25-23)17-8-10-30-14-17/h6-8,10-11,13-14,19H,3-5,9,12H2,1-2H3,(H,24,25,27). The summed E-state index contributed by atoms with van der Waals surface area (Å²) < 4.78 is 5.31. The van der Waals surface area contributed by atoms with Gasteiger partial charge in [0.2, 0.25) is 5.91 Å². The van der Waals surface area contributed by atoms with E-state index in [9.17, 15) is 9.59 Å². The van der Waals surface area contributed by atoms with E-state index in [0.717, 1.165) is 41.7 Å². The van der Waals surface area contributed by atoms with Gasteiger partial charge in [0.05, 0.1) is 25.3 Å². The van der Waals surface area contributed by atoms with E-state index in [4.69, 9.17) is 9.72 Å². The number of thiophene rings is 1. The summed E-state index contributed by atoms with van der Waals surface area (Å²) in [6.45, 7) is 2.64. The number of aryl methyl sites for hydroxylation is 1. The van der Waals surface area contributed by atoms with Crippen molar-refractivity contribution in [3.8, 4) is 17.0 Å². The largest absolute Gasteiger partial charge is 0.496 e. The molecule has 1 fully saturated rings. The van der Waals surface area contributed by atoms with Crippen molar-refractivity contribution < 1.29 is 9.53 Å². The van der Waals surface area contributed by atoms with E-state index >= 15 is 0 Å². The van der Waals surface area contributed by atoms with Crippen molar-refractivity contribution >= 4 is 17.2 Å². The number of benzene rings is 1. The van der Waals surface area contributed by atoms with Gasteiger partial charge in [-0.2, -0.15) is 11.3 Å². The van der Waals surface area contributed by atoms with Crippen molar-refractivity contribution in [3.63, 3.8) is 0 Å². The molecule has 1 N–H and O–H groups in total. The molecule has 156 valence electrons. The quantitative estimate of drug-likeness (QED) is 0.670. The number of aromatic nitrogens is 2. The Morgan fingerprint density at radius 3 is 2.90 bits per heavy atom. The normalized spacial score (nSPS) is 16.5. The zero-order valence-electron chi connectivity index (χ0n) is 17.2. The van der Waals surface area contributed by atoms with E-state index in [0.29, 0.717) is 24.5 Å². The minimum Gasteiger partial charge on any atom is -0.496 e. The first-order valence-corrected chi connectivity index (χ1v) is 11.1. The maximum Gasteiger partial charge on any atom is 0.251 e. The Hall–Kier alpha value is -2.93. The Kier molecular flexibility index (Phi) is 5.99. The number of aromatic amines is 1. The van der Waals surface area contributed by atoms with Crippen LogP contribution in [0.3, 0.4) is 0 Å². The number of hydrogen-bond donors (Lipinski definition) is 1. The summed E-state index contributed by atoms with van der Waals surface area (Å²) in [7, 11) is 1.64. The first-order valence-electron chi connectivity index (χ1n) is 10.1. The first-order chi connectivity index (χ1) is 14.5. The number of piperidine rings is 1. The van der Waals surface area contributed by atoms with Crippen molar-refractivity contribution in [1.29, 1.82) is 0 Å². The molecule has 1 unspecified atom stereocenters. The topological polar surface area (TPSA) is 75.3 Å². The molecule has 0 spiro atoms. The van der Waals surface area contributed by atoms with Crippen LogP contribution in [0.1, 0.15) is 42.3 Å². The van der Waals surface area contributed by atoms with Crippen LogP contribution in [0, 0.1) is 6.92 Å². The fraction of sp³-hybridized carbons (Fsp3) is 0.348. The van der Waals surface area contributed by atoms with E-state index in [1.807, 2.05) is 46.8 Å². The molecule has 30 heavy (non-hydrogen) atoms. The third-order valence-electron chi connectivity index (χ3n) is 5.53. The van der Waals surface area contributed by atoms with Crippen LogP contribution in [-0.2, 0) is 11.2 Å². The predicted molar refractivity (Wildman–Crippen MR) is 118 cm³/mol. The lowest BCUT2D eigenvalue weighted by Crippen LogP contribution is -2.40. The number of H-pyrrole nitrogens is 1. The molecule has 0 bridgehead atoms. The van der Waals surface area contributed by atoms with Crippen LogP contribution < -0.4 is 10.3 Å². The first kappa shape index (κ1) is 20.3. The van der Waals surface area contributed by atoms with Gasteiger partial charge >= 0.3 is 0 Å². The van der Waals surface area contributed by atoms with E-state index in [1.165, 1.54) is 6.07 Å². The van der Waals surface area contributed by atoms with Gasteiger partial charge < -0.3 is 14.6 Å². The van der Waals surface area contributed by atoms with Crippen LogP contribution in [0.4, 0.5) is 0 Å². The van der Waals surface area contributed by atoms with Gasteiger partial charge in [-0.3, -0.25) is 9.59 Å². The molecule has 7 heteroatoms. The number of carbonyl (C=O) groups excluding carboxylic acids is 1. The second-order valence-corrected chi connectivity index (χ2v) is 8.39. The number of carbonyl (C=O) groups is 1. The second-order valence-electron chi connectivity index (χ2n) is 7.61. The smallest absolute Gasteiger partial charge is 0.251 e. The molecule has 4 rings (SSSR count). The molecule has 1 atom stereocenters. The minimum absolute atomic E-state index is 0.0489. The summed E-state index contributed by atoms with van der Waals surface area (Å²) >= 11 is 1.57. The van der Waals surface area contributed by atoms with E-state index < -0.39 is 0 Å². The van der Waals surface area contributed by atoms with E-state index in [1.54, 1.807) is 18.4 Å². The van der Waals surface area contributed by atoms with Crippen molar-refractivity contribution in [3.05, 3.63) is 68.4 Å². The third kappa shape index (κ3) is 4.31. The van der Waals surface area contributed by atoms with Gasteiger partial charge in [-0.25, -0.2) is 4.98 Å². The highest BCUT2D eigenvalue weighted by molar-refractivity contribution is 7.08. The molecule has 1 aromatic carbocycles. The Morgan fingerprint density at radius 2 is 2.17 bits per heavy atom. The molecule has 0 aliphatic carbocycles. The highest BCUT2D eigenvalue weighted by Crippen LogP contribution is 2.30. The van der Waals surface area contributed by atoms with Gasteiger partial charge in [0.25, 0.3) is 5.56 Å². The number of likely N-dealkylation sites (tertiary alicyclic amines) is 1. The molecular weight excluding hydrogens is 398 g/mol. The average molecular weight is 424 g/mol. The maximum atomic E-state index is 13.2. The molecule has 1 saturated heterocycles. The summed E-state index contributed by atoms with van der Waals surface area (Å²) in [5.74, 6) is 1.43. The molecule has 3 aromatic rings. The Bertz CT molecular complexity index is 1090. The van der Waals surface area contributed by atoms with Crippen molar-refractivity contribution in [1.82, 2.24) is 14.9 Å². The lowest BCUT2D eigenvalue weighted by molar-refractivity contribution is -0.134. The Morgan fingerprint density at radius 1 is 1.30 bits per heavy atom. The summed E-state index contributed by atoms with van der Waals surface area (Å²) in [6.07, 6.45) is 3.07. The second kappa shape index (κ2) is 8.83. The number of ether oxygens (including phenoxy) is 1. The van der Waals surface area contributed by atoms with Crippen LogP contribution in [0.15, 0.2) is 45.9 Å². The van der Waals surface area contributed by atoms with Gasteiger partial charge in [-0.15, -0.1) is 0 Å². The Labute approximate surface area is 179 Å². The van der Waals surface area contributed by atoms with Crippen LogP contribution in [-0.4, -0.2) is 34.4 Å². The monoisotopic (exact) mass is 423 g/mol.